The average Bonchev–Trinajstić information content (AvgIpc) is 2.81. The van der Waals surface area contributed by atoms with Crippen molar-refractivity contribution in [3.05, 3.63) is 0 Å². The molecule has 0 saturated carbocycles. The lowest BCUT2D eigenvalue weighted by molar-refractivity contribution is -0.145. The molecule has 0 aromatic carbocycles. The van der Waals surface area contributed by atoms with E-state index in [1.807, 2.05) is 13.8 Å². The molecule has 0 aromatic heterocycles. The van der Waals surface area contributed by atoms with Crippen molar-refractivity contribution in [2.24, 2.45) is 0 Å². The maximum atomic E-state index is 11.9. The topological polar surface area (TPSA) is 44.8 Å². The van der Waals surface area contributed by atoms with Crippen LogP contribution in [0.3, 0.4) is 0 Å². The number of carbonyl (C=O) groups excluding carboxylic acids is 1. The molecule has 1 fully saturated rings. The summed E-state index contributed by atoms with van der Waals surface area (Å²) in [6.45, 7) is 8.35. The van der Waals surface area contributed by atoms with Gasteiger partial charge in [0.2, 0.25) is 0 Å². The minimum Gasteiger partial charge on any atom is -0.465 e. The van der Waals surface area contributed by atoms with E-state index in [1.165, 1.54) is 12.8 Å². The van der Waals surface area contributed by atoms with Crippen molar-refractivity contribution in [2.45, 2.75) is 45.2 Å². The predicted octanol–water partition coefficient (Wildman–Crippen LogP) is 0.944. The molecule has 0 aliphatic carbocycles. The van der Waals surface area contributed by atoms with E-state index in [4.69, 9.17) is 4.74 Å². The Morgan fingerprint density at radius 3 is 2.80 bits per heavy atom. The van der Waals surface area contributed by atoms with E-state index >= 15 is 0 Å². The molecule has 20 heavy (non-hydrogen) atoms. The Morgan fingerprint density at radius 2 is 2.20 bits per heavy atom. The smallest absolute Gasteiger partial charge is 0.323 e. The van der Waals surface area contributed by atoms with Crippen LogP contribution in [0.2, 0.25) is 0 Å². The highest BCUT2D eigenvalue weighted by Gasteiger charge is 2.27. The number of likely N-dealkylation sites (tertiary alicyclic amines) is 1. The molecule has 1 rings (SSSR count). The summed E-state index contributed by atoms with van der Waals surface area (Å²) in [4.78, 5) is 16.6. The minimum atomic E-state index is -0.166. The largest absolute Gasteiger partial charge is 0.465 e. The van der Waals surface area contributed by atoms with Gasteiger partial charge in [-0.25, -0.2) is 0 Å². The van der Waals surface area contributed by atoms with E-state index in [-0.39, 0.29) is 12.0 Å². The summed E-state index contributed by atoms with van der Waals surface area (Å²) < 4.78 is 5.13. The molecular weight excluding hydrogens is 254 g/mol. The van der Waals surface area contributed by atoms with Crippen molar-refractivity contribution < 1.29 is 9.53 Å². The Kier molecular flexibility index (Phi) is 8.11. The fourth-order valence-corrected chi connectivity index (χ4v) is 2.91. The molecule has 1 heterocycles. The normalized spacial score (nSPS) is 21.4. The first kappa shape index (κ1) is 17.4. The van der Waals surface area contributed by atoms with Crippen LogP contribution >= 0.6 is 0 Å². The van der Waals surface area contributed by atoms with Gasteiger partial charge in [0.25, 0.3) is 0 Å². The van der Waals surface area contributed by atoms with Crippen molar-refractivity contribution in [3.63, 3.8) is 0 Å². The first-order valence-electron chi connectivity index (χ1n) is 7.87. The number of likely N-dealkylation sites (N-methyl/N-ethyl adjacent to an activating group) is 2. The summed E-state index contributed by atoms with van der Waals surface area (Å²) in [6.07, 6.45) is 3.36. The van der Waals surface area contributed by atoms with Crippen molar-refractivity contribution in [1.82, 2.24) is 15.1 Å². The Hall–Kier alpha value is -0.650. The molecule has 5 heteroatoms. The molecule has 1 N–H and O–H groups in total. The minimum absolute atomic E-state index is 0.113. The van der Waals surface area contributed by atoms with Crippen LogP contribution in [-0.4, -0.2) is 74.7 Å². The van der Waals surface area contributed by atoms with Crippen LogP contribution in [0.15, 0.2) is 0 Å². The molecule has 0 amide bonds. The molecule has 118 valence electrons. The third kappa shape index (κ3) is 5.77. The first-order chi connectivity index (χ1) is 9.58. The maximum absolute atomic E-state index is 11.9. The number of hydrogen-bond acceptors (Lipinski definition) is 5. The van der Waals surface area contributed by atoms with Gasteiger partial charge < -0.3 is 15.0 Å². The molecule has 1 aliphatic rings. The van der Waals surface area contributed by atoms with Gasteiger partial charge >= 0.3 is 5.97 Å². The highest BCUT2D eigenvalue weighted by atomic mass is 16.5. The van der Waals surface area contributed by atoms with Crippen LogP contribution in [-0.2, 0) is 9.53 Å². The lowest BCUT2D eigenvalue weighted by Gasteiger charge is -2.28. The van der Waals surface area contributed by atoms with Gasteiger partial charge in [-0.3, -0.25) is 9.69 Å². The lowest BCUT2D eigenvalue weighted by Crippen LogP contribution is -2.43. The van der Waals surface area contributed by atoms with Gasteiger partial charge in [-0.05, 0) is 53.4 Å². The summed E-state index contributed by atoms with van der Waals surface area (Å²) in [5.41, 5.74) is 0. The van der Waals surface area contributed by atoms with E-state index in [0.717, 1.165) is 32.6 Å². The highest BCUT2D eigenvalue weighted by Crippen LogP contribution is 2.18. The lowest BCUT2D eigenvalue weighted by atomic mass is 10.1. The van der Waals surface area contributed by atoms with E-state index in [2.05, 4.69) is 29.2 Å². The zero-order chi connectivity index (χ0) is 15.0. The van der Waals surface area contributed by atoms with E-state index in [9.17, 15) is 4.79 Å². The number of rotatable bonds is 9. The zero-order valence-electron chi connectivity index (χ0n) is 13.5. The average molecular weight is 285 g/mol. The van der Waals surface area contributed by atoms with Crippen LogP contribution in [0.5, 0.6) is 0 Å². The summed E-state index contributed by atoms with van der Waals surface area (Å²) >= 11 is 0. The molecule has 0 radical (unpaired) electrons. The van der Waals surface area contributed by atoms with Gasteiger partial charge in [0.15, 0.2) is 0 Å². The number of esters is 1. The molecule has 1 aliphatic heterocycles. The standard InChI is InChI=1S/C15H31N3O2/c1-5-16-14(15(19)20-6-2)9-11-18-10-7-8-13(18)12-17(3)4/h13-14,16H,5-12H2,1-4H3. The van der Waals surface area contributed by atoms with E-state index < -0.39 is 0 Å². The number of ether oxygens (including phenoxy) is 1. The van der Waals surface area contributed by atoms with Gasteiger partial charge in [-0.2, -0.15) is 0 Å². The van der Waals surface area contributed by atoms with Crippen molar-refractivity contribution in [3.8, 4) is 0 Å². The van der Waals surface area contributed by atoms with E-state index in [1.54, 1.807) is 0 Å². The molecule has 5 nitrogen and oxygen atoms in total. The van der Waals surface area contributed by atoms with Gasteiger partial charge in [-0.15, -0.1) is 0 Å². The SMILES string of the molecule is CCNC(CCN1CCCC1CN(C)C)C(=O)OCC. The summed E-state index contributed by atoms with van der Waals surface area (Å²) in [6, 6.07) is 0.468. The number of hydrogen-bond donors (Lipinski definition) is 1. The third-order valence-corrected chi connectivity index (χ3v) is 3.80. The van der Waals surface area contributed by atoms with Gasteiger partial charge in [0, 0.05) is 19.1 Å². The molecule has 0 bridgehead atoms. The molecule has 2 atom stereocenters. The van der Waals surface area contributed by atoms with Crippen LogP contribution in [0.1, 0.15) is 33.1 Å². The number of nitrogens with one attached hydrogen (secondary N) is 1. The second-order valence-electron chi connectivity index (χ2n) is 5.75. The Morgan fingerprint density at radius 1 is 1.45 bits per heavy atom. The van der Waals surface area contributed by atoms with Gasteiger partial charge in [-0.1, -0.05) is 6.92 Å². The molecule has 2 unspecified atom stereocenters. The summed E-state index contributed by atoms with van der Waals surface area (Å²) in [5.74, 6) is -0.113. The number of nitrogens with zero attached hydrogens (tertiary/aromatic N) is 2. The molecule has 0 aromatic rings. The quantitative estimate of drug-likeness (QED) is 0.639. The predicted molar refractivity (Wildman–Crippen MR) is 81.9 cm³/mol. The van der Waals surface area contributed by atoms with Crippen LogP contribution in [0, 0.1) is 0 Å². The Bertz CT molecular complexity index is 284. The zero-order valence-corrected chi connectivity index (χ0v) is 13.5. The first-order valence-corrected chi connectivity index (χ1v) is 7.87. The summed E-state index contributed by atoms with van der Waals surface area (Å²) in [5, 5.41) is 3.24. The van der Waals surface area contributed by atoms with Crippen molar-refractivity contribution in [1.29, 1.82) is 0 Å². The van der Waals surface area contributed by atoms with Crippen molar-refractivity contribution in [2.75, 3.05) is 46.9 Å². The molecular formula is C15H31N3O2. The molecule has 0 spiro atoms. The second-order valence-corrected chi connectivity index (χ2v) is 5.75. The fraction of sp³-hybridized carbons (Fsp3) is 0.933. The maximum Gasteiger partial charge on any atom is 0.323 e. The number of carbonyl (C=O) groups is 1. The van der Waals surface area contributed by atoms with Crippen molar-refractivity contribution >= 4 is 5.97 Å². The Balaban J connectivity index is 2.43. The Labute approximate surface area is 123 Å². The fourth-order valence-electron chi connectivity index (χ4n) is 2.91. The van der Waals surface area contributed by atoms with E-state index in [0.29, 0.717) is 12.6 Å². The third-order valence-electron chi connectivity index (χ3n) is 3.80. The van der Waals surface area contributed by atoms with Gasteiger partial charge in [0.1, 0.15) is 6.04 Å². The molecule has 1 saturated heterocycles. The van der Waals surface area contributed by atoms with Gasteiger partial charge in [0.05, 0.1) is 6.61 Å². The monoisotopic (exact) mass is 285 g/mol. The van der Waals surface area contributed by atoms with Crippen LogP contribution < -0.4 is 5.32 Å². The van der Waals surface area contributed by atoms with Crippen LogP contribution in [0.25, 0.3) is 0 Å². The second kappa shape index (κ2) is 9.32. The van der Waals surface area contributed by atoms with Crippen LogP contribution in [0.4, 0.5) is 0 Å². The summed E-state index contributed by atoms with van der Waals surface area (Å²) in [7, 11) is 4.24. The highest BCUT2D eigenvalue weighted by molar-refractivity contribution is 5.75.